The lowest BCUT2D eigenvalue weighted by molar-refractivity contribution is -0.113. The first kappa shape index (κ1) is 19.9. The van der Waals surface area contributed by atoms with Crippen molar-refractivity contribution >= 4 is 40.9 Å². The van der Waals surface area contributed by atoms with Crippen LogP contribution in [0.3, 0.4) is 0 Å². The number of hydrogen-bond donors (Lipinski definition) is 1. The minimum absolute atomic E-state index is 0.0915. The number of ether oxygens (including phenoxy) is 1. The summed E-state index contributed by atoms with van der Waals surface area (Å²) in [6.45, 7) is 1.82. The average Bonchev–Trinajstić information content (AvgIpc) is 3.06. The number of methoxy groups -OCH3 is 1. The molecule has 0 fully saturated rings. The Balaban J connectivity index is 1.72. The van der Waals surface area contributed by atoms with Crippen molar-refractivity contribution in [1.29, 1.82) is 0 Å². The van der Waals surface area contributed by atoms with E-state index < -0.39 is 5.97 Å². The number of carbonyl (C=O) groups is 2. The molecule has 0 spiro atoms. The van der Waals surface area contributed by atoms with E-state index in [0.717, 1.165) is 5.69 Å². The number of aromatic nitrogens is 3. The molecule has 0 atom stereocenters. The smallest absolute Gasteiger partial charge is 0.339 e. The molecule has 144 valence electrons. The Morgan fingerprint density at radius 1 is 1.18 bits per heavy atom. The molecule has 0 bridgehead atoms. The zero-order chi connectivity index (χ0) is 20.1. The van der Waals surface area contributed by atoms with E-state index in [-0.39, 0.29) is 11.7 Å². The third kappa shape index (κ3) is 4.52. The summed E-state index contributed by atoms with van der Waals surface area (Å²) >= 11 is 7.31. The van der Waals surface area contributed by atoms with Gasteiger partial charge in [-0.25, -0.2) is 4.79 Å². The molecule has 28 heavy (non-hydrogen) atoms. The third-order valence-electron chi connectivity index (χ3n) is 3.80. The Bertz CT molecular complexity index is 1020. The zero-order valence-corrected chi connectivity index (χ0v) is 16.8. The van der Waals surface area contributed by atoms with E-state index in [1.807, 2.05) is 23.6 Å². The van der Waals surface area contributed by atoms with Gasteiger partial charge < -0.3 is 10.1 Å². The SMILES string of the molecule is COC(=O)c1ccccc1NC(=O)CSc1nnc(C)n1-c1cccc(Cl)c1. The maximum atomic E-state index is 12.4. The molecule has 1 N–H and O–H groups in total. The van der Waals surface area contributed by atoms with Crippen molar-refractivity contribution in [2.45, 2.75) is 12.1 Å². The van der Waals surface area contributed by atoms with Crippen molar-refractivity contribution in [3.8, 4) is 5.69 Å². The van der Waals surface area contributed by atoms with Gasteiger partial charge in [0.15, 0.2) is 5.16 Å². The Morgan fingerprint density at radius 3 is 2.71 bits per heavy atom. The fourth-order valence-corrected chi connectivity index (χ4v) is 3.53. The van der Waals surface area contributed by atoms with Crippen LogP contribution < -0.4 is 5.32 Å². The van der Waals surface area contributed by atoms with Gasteiger partial charge in [-0.15, -0.1) is 10.2 Å². The molecule has 9 heteroatoms. The lowest BCUT2D eigenvalue weighted by Gasteiger charge is -2.10. The first-order valence-electron chi connectivity index (χ1n) is 8.27. The van der Waals surface area contributed by atoms with E-state index >= 15 is 0 Å². The number of anilines is 1. The second kappa shape index (κ2) is 8.90. The van der Waals surface area contributed by atoms with Crippen molar-refractivity contribution in [2.24, 2.45) is 0 Å². The van der Waals surface area contributed by atoms with Gasteiger partial charge in [0.05, 0.1) is 29.8 Å². The van der Waals surface area contributed by atoms with Gasteiger partial charge in [0, 0.05) is 5.02 Å². The summed E-state index contributed by atoms with van der Waals surface area (Å²) in [6, 6.07) is 14.0. The molecule has 0 aliphatic heterocycles. The highest BCUT2D eigenvalue weighted by Gasteiger charge is 2.16. The predicted octanol–water partition coefficient (Wildman–Crippen LogP) is 3.75. The third-order valence-corrected chi connectivity index (χ3v) is 4.96. The Hall–Kier alpha value is -2.84. The van der Waals surface area contributed by atoms with Crippen LogP contribution in [0.1, 0.15) is 16.2 Å². The van der Waals surface area contributed by atoms with E-state index in [2.05, 4.69) is 15.5 Å². The van der Waals surface area contributed by atoms with E-state index in [0.29, 0.717) is 27.3 Å². The summed E-state index contributed by atoms with van der Waals surface area (Å²) in [6.07, 6.45) is 0. The Labute approximate surface area is 171 Å². The highest BCUT2D eigenvalue weighted by molar-refractivity contribution is 7.99. The van der Waals surface area contributed by atoms with Gasteiger partial charge >= 0.3 is 5.97 Å². The van der Waals surface area contributed by atoms with Crippen LogP contribution in [0.4, 0.5) is 5.69 Å². The van der Waals surface area contributed by atoms with Gasteiger partial charge in [0.25, 0.3) is 0 Å². The van der Waals surface area contributed by atoms with E-state index in [1.165, 1.54) is 18.9 Å². The Morgan fingerprint density at radius 2 is 1.96 bits per heavy atom. The van der Waals surface area contributed by atoms with Crippen molar-refractivity contribution < 1.29 is 14.3 Å². The number of nitrogens with one attached hydrogen (secondary N) is 1. The minimum Gasteiger partial charge on any atom is -0.465 e. The van der Waals surface area contributed by atoms with Crippen LogP contribution in [-0.2, 0) is 9.53 Å². The fraction of sp³-hybridized carbons (Fsp3) is 0.158. The summed E-state index contributed by atoms with van der Waals surface area (Å²) in [5, 5.41) is 12.1. The number of hydrogen-bond acceptors (Lipinski definition) is 6. The maximum absolute atomic E-state index is 12.4. The molecule has 0 unspecified atom stereocenters. The van der Waals surface area contributed by atoms with Gasteiger partial charge in [0.1, 0.15) is 5.82 Å². The Kier molecular flexibility index (Phi) is 6.33. The summed E-state index contributed by atoms with van der Waals surface area (Å²) in [7, 11) is 1.29. The number of nitrogens with zero attached hydrogens (tertiary/aromatic N) is 3. The molecule has 0 radical (unpaired) electrons. The standard InChI is InChI=1S/C19H17ClN4O3S/c1-12-22-23-19(24(12)14-7-5-6-13(20)10-14)28-11-17(25)21-16-9-4-3-8-15(16)18(26)27-2/h3-10H,11H2,1-2H3,(H,21,25). The van der Waals surface area contributed by atoms with Crippen molar-refractivity contribution in [3.05, 3.63) is 64.9 Å². The lowest BCUT2D eigenvalue weighted by Crippen LogP contribution is -2.17. The van der Waals surface area contributed by atoms with Gasteiger partial charge in [-0.2, -0.15) is 0 Å². The largest absolute Gasteiger partial charge is 0.465 e. The highest BCUT2D eigenvalue weighted by atomic mass is 35.5. The minimum atomic E-state index is -0.514. The number of aryl methyl sites for hydroxylation is 1. The van der Waals surface area contributed by atoms with Crippen molar-refractivity contribution in [3.63, 3.8) is 0 Å². The molecule has 0 aliphatic rings. The van der Waals surface area contributed by atoms with Crippen LogP contribution in [0.2, 0.25) is 5.02 Å². The van der Waals surface area contributed by atoms with Gasteiger partial charge in [0.2, 0.25) is 5.91 Å². The monoisotopic (exact) mass is 416 g/mol. The van der Waals surface area contributed by atoms with Crippen LogP contribution in [0.25, 0.3) is 5.69 Å². The van der Waals surface area contributed by atoms with Gasteiger partial charge in [-0.1, -0.05) is 41.6 Å². The maximum Gasteiger partial charge on any atom is 0.339 e. The van der Waals surface area contributed by atoms with Crippen LogP contribution in [0.15, 0.2) is 53.7 Å². The quantitative estimate of drug-likeness (QED) is 0.486. The topological polar surface area (TPSA) is 86.1 Å². The van der Waals surface area contributed by atoms with Gasteiger partial charge in [-0.05, 0) is 37.3 Å². The molecule has 0 aliphatic carbocycles. The zero-order valence-electron chi connectivity index (χ0n) is 15.2. The highest BCUT2D eigenvalue weighted by Crippen LogP contribution is 2.24. The molecule has 0 saturated heterocycles. The second-order valence-electron chi connectivity index (χ2n) is 5.72. The number of thioether (sulfide) groups is 1. The molecule has 7 nitrogen and oxygen atoms in total. The summed E-state index contributed by atoms with van der Waals surface area (Å²) in [4.78, 5) is 24.2. The first-order valence-corrected chi connectivity index (χ1v) is 9.64. The lowest BCUT2D eigenvalue weighted by atomic mass is 10.2. The molecule has 3 aromatic rings. The molecule has 3 rings (SSSR count). The fourth-order valence-electron chi connectivity index (χ4n) is 2.55. The summed E-state index contributed by atoms with van der Waals surface area (Å²) < 4.78 is 6.56. The van der Waals surface area contributed by atoms with E-state index in [9.17, 15) is 9.59 Å². The van der Waals surface area contributed by atoms with Crippen molar-refractivity contribution in [1.82, 2.24) is 14.8 Å². The van der Waals surface area contributed by atoms with Gasteiger partial charge in [-0.3, -0.25) is 9.36 Å². The molecular formula is C19H17ClN4O3S. The molecule has 2 aromatic carbocycles. The normalized spacial score (nSPS) is 10.5. The summed E-state index contributed by atoms with van der Waals surface area (Å²) in [5.41, 5.74) is 1.50. The number of rotatable bonds is 6. The number of halogens is 1. The van der Waals surface area contributed by atoms with Crippen LogP contribution in [0.5, 0.6) is 0 Å². The first-order chi connectivity index (χ1) is 13.5. The predicted molar refractivity (Wildman–Crippen MR) is 108 cm³/mol. The molecule has 1 aromatic heterocycles. The molecule has 1 amide bonds. The molecule has 1 heterocycles. The number of benzene rings is 2. The van der Waals surface area contributed by atoms with E-state index in [1.54, 1.807) is 36.4 Å². The number of para-hydroxylation sites is 1. The van der Waals surface area contributed by atoms with E-state index in [4.69, 9.17) is 16.3 Å². The van der Waals surface area contributed by atoms with Crippen LogP contribution >= 0.6 is 23.4 Å². The van der Waals surface area contributed by atoms with Crippen LogP contribution in [0, 0.1) is 6.92 Å². The molecule has 0 saturated carbocycles. The molecular weight excluding hydrogens is 400 g/mol. The summed E-state index contributed by atoms with van der Waals surface area (Å²) in [5.74, 6) is -0.0190. The average molecular weight is 417 g/mol. The second-order valence-corrected chi connectivity index (χ2v) is 7.10. The van der Waals surface area contributed by atoms with Crippen LogP contribution in [-0.4, -0.2) is 39.5 Å². The number of carbonyl (C=O) groups excluding carboxylic acids is 2. The number of amides is 1. The van der Waals surface area contributed by atoms with Crippen molar-refractivity contribution in [2.75, 3.05) is 18.2 Å². The number of esters is 1.